The van der Waals surface area contributed by atoms with Crippen molar-refractivity contribution in [1.29, 1.82) is 0 Å². The molecule has 0 bridgehead atoms. The molecular weight excluding hydrogens is 380 g/mol. The summed E-state index contributed by atoms with van der Waals surface area (Å²) < 4.78 is 5.20. The molecule has 0 spiro atoms. The van der Waals surface area contributed by atoms with E-state index in [1.54, 1.807) is 29.2 Å². The predicted octanol–water partition coefficient (Wildman–Crippen LogP) is 4.05. The molecule has 2 aromatic rings. The lowest BCUT2D eigenvalue weighted by Gasteiger charge is -2.25. The van der Waals surface area contributed by atoms with Crippen LogP contribution in [0.1, 0.15) is 49.2 Å². The van der Waals surface area contributed by atoms with Crippen molar-refractivity contribution in [1.82, 2.24) is 4.90 Å². The molecule has 0 saturated carbocycles. The quantitative estimate of drug-likeness (QED) is 0.702. The summed E-state index contributed by atoms with van der Waals surface area (Å²) in [5.41, 5.74) is 2.07. The molecule has 1 N–H and O–H groups in total. The summed E-state index contributed by atoms with van der Waals surface area (Å²) in [6.07, 6.45) is 0.197. The highest BCUT2D eigenvalue weighted by Gasteiger charge is 2.37. The van der Waals surface area contributed by atoms with Crippen molar-refractivity contribution >= 4 is 23.5 Å². The van der Waals surface area contributed by atoms with E-state index >= 15 is 0 Å². The van der Waals surface area contributed by atoms with Crippen LogP contribution in [0.15, 0.2) is 54.6 Å². The lowest BCUT2D eigenvalue weighted by atomic mass is 10.1. The lowest BCUT2D eigenvalue weighted by Crippen LogP contribution is -2.30. The third kappa shape index (κ3) is 5.26. The molecule has 1 aliphatic rings. The van der Waals surface area contributed by atoms with E-state index in [1.165, 1.54) is 0 Å². The minimum atomic E-state index is -0.403. The van der Waals surface area contributed by atoms with E-state index < -0.39 is 5.92 Å². The van der Waals surface area contributed by atoms with Gasteiger partial charge in [-0.2, -0.15) is 0 Å². The van der Waals surface area contributed by atoms with Crippen LogP contribution >= 0.6 is 0 Å². The van der Waals surface area contributed by atoms with Gasteiger partial charge in [0.25, 0.3) is 0 Å². The zero-order valence-corrected chi connectivity index (χ0v) is 17.6. The Kier molecular flexibility index (Phi) is 6.87. The van der Waals surface area contributed by atoms with Crippen LogP contribution in [0.5, 0.6) is 0 Å². The molecule has 0 aliphatic carbocycles. The first kappa shape index (κ1) is 21.6. The summed E-state index contributed by atoms with van der Waals surface area (Å²) in [6.45, 7) is 6.68. The van der Waals surface area contributed by atoms with Gasteiger partial charge >= 0.3 is 5.97 Å². The molecule has 6 nitrogen and oxygen atoms in total. The monoisotopic (exact) mass is 408 g/mol. The van der Waals surface area contributed by atoms with Gasteiger partial charge in [0.15, 0.2) is 0 Å². The van der Waals surface area contributed by atoms with Gasteiger partial charge in [0.1, 0.15) is 0 Å². The maximum Gasteiger partial charge on any atom is 0.338 e. The Morgan fingerprint density at radius 2 is 1.73 bits per heavy atom. The van der Waals surface area contributed by atoms with E-state index in [2.05, 4.69) is 5.32 Å². The highest BCUT2D eigenvalue weighted by Crippen LogP contribution is 2.29. The third-order valence-electron chi connectivity index (χ3n) is 5.21. The number of carbonyl (C=O) groups excluding carboxylic acids is 3. The van der Waals surface area contributed by atoms with Gasteiger partial charge in [-0.1, -0.05) is 44.2 Å². The Morgan fingerprint density at radius 1 is 1.07 bits per heavy atom. The average Bonchev–Trinajstić information content (AvgIpc) is 3.14. The van der Waals surface area contributed by atoms with E-state index in [1.807, 2.05) is 51.1 Å². The first-order valence-corrected chi connectivity index (χ1v) is 10.3. The standard InChI is InChI=1S/C24H28N2O4/c1-16(2)15-30-24(29)19-9-11-21(12-10-19)25-23(28)20-13-22(27)26(14-20)17(3)18-7-5-4-6-8-18/h4-12,16-17,20H,13-15H2,1-3H3,(H,25,28)/t17-,20-/m0/s1. The predicted molar refractivity (Wildman–Crippen MR) is 115 cm³/mol. The number of hydrogen-bond acceptors (Lipinski definition) is 4. The number of esters is 1. The number of likely N-dealkylation sites (tertiary alicyclic amines) is 1. The number of amides is 2. The summed E-state index contributed by atoms with van der Waals surface area (Å²) in [5, 5.41) is 2.85. The van der Waals surface area contributed by atoms with Crippen LogP contribution < -0.4 is 5.32 Å². The second-order valence-electron chi connectivity index (χ2n) is 8.09. The Morgan fingerprint density at radius 3 is 2.37 bits per heavy atom. The van der Waals surface area contributed by atoms with Crippen LogP contribution in [-0.2, 0) is 14.3 Å². The fourth-order valence-electron chi connectivity index (χ4n) is 3.45. The van der Waals surface area contributed by atoms with Crippen molar-refractivity contribution in [3.63, 3.8) is 0 Å². The summed E-state index contributed by atoms with van der Waals surface area (Å²) in [7, 11) is 0. The lowest BCUT2D eigenvalue weighted by molar-refractivity contribution is -0.129. The maximum absolute atomic E-state index is 12.7. The van der Waals surface area contributed by atoms with Crippen LogP contribution in [0.3, 0.4) is 0 Å². The van der Waals surface area contributed by atoms with Crippen molar-refractivity contribution in [2.75, 3.05) is 18.5 Å². The average molecular weight is 408 g/mol. The Bertz CT molecular complexity index is 893. The van der Waals surface area contributed by atoms with E-state index in [4.69, 9.17) is 4.74 Å². The Balaban J connectivity index is 1.57. The molecule has 0 radical (unpaired) electrons. The number of ether oxygens (including phenoxy) is 1. The molecule has 1 saturated heterocycles. The maximum atomic E-state index is 12.7. The Hall–Kier alpha value is -3.15. The van der Waals surface area contributed by atoms with E-state index in [-0.39, 0.29) is 36.2 Å². The van der Waals surface area contributed by atoms with Crippen LogP contribution in [0.2, 0.25) is 0 Å². The van der Waals surface area contributed by atoms with Gasteiger partial charge < -0.3 is 15.0 Å². The van der Waals surface area contributed by atoms with Crippen LogP contribution in [0, 0.1) is 11.8 Å². The van der Waals surface area contributed by atoms with E-state index in [0.29, 0.717) is 24.4 Å². The molecule has 0 unspecified atom stereocenters. The molecular formula is C24H28N2O4. The van der Waals surface area contributed by atoms with Gasteiger partial charge in [0, 0.05) is 18.7 Å². The number of anilines is 1. The summed E-state index contributed by atoms with van der Waals surface area (Å²) in [6, 6.07) is 16.3. The molecule has 2 aromatic carbocycles. The van der Waals surface area contributed by atoms with E-state index in [9.17, 15) is 14.4 Å². The second-order valence-corrected chi connectivity index (χ2v) is 8.09. The van der Waals surface area contributed by atoms with Gasteiger partial charge in [0.2, 0.25) is 11.8 Å². The zero-order valence-electron chi connectivity index (χ0n) is 17.6. The Labute approximate surface area is 177 Å². The number of benzene rings is 2. The summed E-state index contributed by atoms with van der Waals surface area (Å²) in [5.74, 6) is -0.727. The molecule has 158 valence electrons. The molecule has 1 fully saturated rings. The number of carbonyl (C=O) groups is 3. The molecule has 3 rings (SSSR count). The smallest absolute Gasteiger partial charge is 0.338 e. The second kappa shape index (κ2) is 9.57. The first-order chi connectivity index (χ1) is 14.3. The summed E-state index contributed by atoms with van der Waals surface area (Å²) in [4.78, 5) is 38.9. The van der Waals surface area contributed by atoms with Gasteiger partial charge in [-0.15, -0.1) is 0 Å². The van der Waals surface area contributed by atoms with Crippen molar-refractivity contribution in [2.24, 2.45) is 11.8 Å². The van der Waals surface area contributed by atoms with Crippen molar-refractivity contribution in [3.05, 3.63) is 65.7 Å². The largest absolute Gasteiger partial charge is 0.462 e. The molecule has 30 heavy (non-hydrogen) atoms. The summed E-state index contributed by atoms with van der Waals surface area (Å²) >= 11 is 0. The fraction of sp³-hybridized carbons (Fsp3) is 0.375. The van der Waals surface area contributed by atoms with Gasteiger partial charge in [0.05, 0.1) is 24.1 Å². The number of rotatable bonds is 7. The fourth-order valence-corrected chi connectivity index (χ4v) is 3.45. The van der Waals surface area contributed by atoms with E-state index in [0.717, 1.165) is 5.56 Å². The minimum Gasteiger partial charge on any atom is -0.462 e. The normalized spacial score (nSPS) is 17.1. The highest BCUT2D eigenvalue weighted by molar-refractivity contribution is 5.98. The molecule has 2 amide bonds. The molecule has 1 aliphatic heterocycles. The van der Waals surface area contributed by atoms with Crippen LogP contribution in [0.25, 0.3) is 0 Å². The highest BCUT2D eigenvalue weighted by atomic mass is 16.5. The van der Waals surface area contributed by atoms with Crippen molar-refractivity contribution in [2.45, 2.75) is 33.2 Å². The minimum absolute atomic E-state index is 0.0188. The van der Waals surface area contributed by atoms with Crippen LogP contribution in [-0.4, -0.2) is 35.8 Å². The molecule has 2 atom stereocenters. The topological polar surface area (TPSA) is 75.7 Å². The first-order valence-electron chi connectivity index (χ1n) is 10.3. The molecule has 6 heteroatoms. The number of nitrogens with zero attached hydrogens (tertiary/aromatic N) is 1. The van der Waals surface area contributed by atoms with Crippen LogP contribution in [0.4, 0.5) is 5.69 Å². The molecule has 0 aromatic heterocycles. The van der Waals surface area contributed by atoms with Gasteiger partial charge in [-0.05, 0) is 42.7 Å². The molecule has 1 heterocycles. The van der Waals surface area contributed by atoms with Gasteiger partial charge in [-0.25, -0.2) is 4.79 Å². The van der Waals surface area contributed by atoms with Gasteiger partial charge in [-0.3, -0.25) is 9.59 Å². The number of hydrogen-bond donors (Lipinski definition) is 1. The third-order valence-corrected chi connectivity index (χ3v) is 5.21. The number of nitrogens with one attached hydrogen (secondary N) is 1. The van der Waals surface area contributed by atoms with Crippen molar-refractivity contribution < 1.29 is 19.1 Å². The van der Waals surface area contributed by atoms with Crippen molar-refractivity contribution in [3.8, 4) is 0 Å². The SMILES string of the molecule is CC(C)COC(=O)c1ccc(NC(=O)[C@H]2CC(=O)N([C@@H](C)c3ccccc3)C2)cc1. The zero-order chi connectivity index (χ0) is 21.7.